The van der Waals surface area contributed by atoms with Gasteiger partial charge in [0.1, 0.15) is 23.5 Å². The van der Waals surface area contributed by atoms with Gasteiger partial charge < -0.3 is 19.7 Å². The maximum absolute atomic E-state index is 12.8. The summed E-state index contributed by atoms with van der Waals surface area (Å²) in [6.07, 6.45) is 0. The van der Waals surface area contributed by atoms with Crippen LogP contribution in [0.15, 0.2) is 36.4 Å². The molecule has 1 spiro atoms. The van der Waals surface area contributed by atoms with Crippen LogP contribution in [0.3, 0.4) is 0 Å². The second kappa shape index (κ2) is 4.29. The van der Waals surface area contributed by atoms with E-state index >= 15 is 0 Å². The molecule has 2 aromatic rings. The van der Waals surface area contributed by atoms with Crippen LogP contribution < -0.4 is 19.7 Å². The van der Waals surface area contributed by atoms with Gasteiger partial charge in [-0.05, 0) is 17.7 Å². The first-order chi connectivity index (χ1) is 11.6. The molecule has 24 heavy (non-hydrogen) atoms. The lowest BCUT2D eigenvalue weighted by Crippen LogP contribution is -2.38. The van der Waals surface area contributed by atoms with Crippen molar-refractivity contribution in [1.29, 1.82) is 0 Å². The van der Waals surface area contributed by atoms with Crippen molar-refractivity contribution in [3.63, 3.8) is 0 Å². The number of rotatable bonds is 0. The summed E-state index contributed by atoms with van der Waals surface area (Å²) < 4.78 is 11.4. The molecule has 0 bridgehead atoms. The van der Waals surface area contributed by atoms with E-state index < -0.39 is 5.41 Å². The van der Waals surface area contributed by atoms with Gasteiger partial charge in [0.25, 0.3) is 5.91 Å². The zero-order valence-corrected chi connectivity index (χ0v) is 13.0. The predicted molar refractivity (Wildman–Crippen MR) is 86.7 cm³/mol. The summed E-state index contributed by atoms with van der Waals surface area (Å²) in [6, 6.07) is 11.3. The summed E-state index contributed by atoms with van der Waals surface area (Å²) in [5.41, 5.74) is 2.31. The average Bonchev–Trinajstić information content (AvgIpc) is 3.10. The Morgan fingerprint density at radius 1 is 1.08 bits per heavy atom. The Labute approximate surface area is 138 Å². The fourth-order valence-electron chi connectivity index (χ4n) is 3.74. The van der Waals surface area contributed by atoms with Crippen LogP contribution in [0, 0.1) is 0 Å². The molecule has 0 aliphatic carbocycles. The van der Waals surface area contributed by atoms with Crippen LogP contribution in [-0.4, -0.2) is 32.1 Å². The summed E-state index contributed by atoms with van der Waals surface area (Å²) in [5.74, 6) is 1.01. The number of nitrogens with one attached hydrogen (secondary N) is 1. The molecule has 3 aliphatic rings. The molecule has 120 valence electrons. The zero-order valence-electron chi connectivity index (χ0n) is 13.0. The average molecular weight is 322 g/mol. The summed E-state index contributed by atoms with van der Waals surface area (Å²) in [4.78, 5) is 26.2. The van der Waals surface area contributed by atoms with E-state index in [4.69, 9.17) is 9.47 Å². The quantitative estimate of drug-likeness (QED) is 0.801. The number of amides is 2. The molecule has 6 heteroatoms. The predicted octanol–water partition coefficient (Wildman–Crippen LogP) is 1.67. The van der Waals surface area contributed by atoms with Crippen molar-refractivity contribution < 1.29 is 19.1 Å². The standard InChI is InChI=1S/C18H14N2O4/c1-20-13-7-14-11(6-15(13)23-8-16(20)21)18(9-24-14)10-4-2-3-5-12(10)19-17(18)22/h2-7H,8-9H2,1H3,(H,19,22). The van der Waals surface area contributed by atoms with Gasteiger partial charge >= 0.3 is 0 Å². The SMILES string of the molecule is CN1C(=O)COc2cc3c(cc21)OCC31C(=O)Nc2ccccc21. The molecule has 1 N–H and O–H groups in total. The third-order valence-corrected chi connectivity index (χ3v) is 5.07. The van der Waals surface area contributed by atoms with Crippen molar-refractivity contribution in [3.8, 4) is 11.5 Å². The number of para-hydroxylation sites is 1. The zero-order chi connectivity index (χ0) is 16.5. The van der Waals surface area contributed by atoms with Crippen LogP contribution in [0.2, 0.25) is 0 Å². The summed E-state index contributed by atoms with van der Waals surface area (Å²) in [5, 5.41) is 2.94. The number of anilines is 2. The Morgan fingerprint density at radius 2 is 1.92 bits per heavy atom. The lowest BCUT2D eigenvalue weighted by atomic mass is 9.77. The van der Waals surface area contributed by atoms with E-state index in [0.717, 1.165) is 16.8 Å². The molecule has 1 atom stereocenters. The van der Waals surface area contributed by atoms with E-state index in [0.29, 0.717) is 17.2 Å². The van der Waals surface area contributed by atoms with Crippen LogP contribution in [0.4, 0.5) is 11.4 Å². The molecule has 2 amide bonds. The molecule has 5 rings (SSSR count). The fourth-order valence-corrected chi connectivity index (χ4v) is 3.74. The number of hydrogen-bond acceptors (Lipinski definition) is 4. The molecule has 0 aromatic heterocycles. The highest BCUT2D eigenvalue weighted by molar-refractivity contribution is 6.10. The molecule has 3 aliphatic heterocycles. The Bertz CT molecular complexity index is 923. The number of likely N-dealkylation sites (N-methyl/N-ethyl adjacent to an activating group) is 1. The number of nitrogens with zero attached hydrogens (tertiary/aromatic N) is 1. The topological polar surface area (TPSA) is 67.9 Å². The molecular weight excluding hydrogens is 308 g/mol. The van der Waals surface area contributed by atoms with E-state index in [2.05, 4.69) is 5.32 Å². The molecule has 0 fully saturated rings. The highest BCUT2D eigenvalue weighted by atomic mass is 16.5. The highest BCUT2D eigenvalue weighted by Crippen LogP contribution is 2.52. The van der Waals surface area contributed by atoms with Gasteiger partial charge in [0.2, 0.25) is 5.91 Å². The first kappa shape index (κ1) is 13.4. The van der Waals surface area contributed by atoms with E-state index in [-0.39, 0.29) is 25.0 Å². The summed E-state index contributed by atoms with van der Waals surface area (Å²) in [7, 11) is 1.71. The van der Waals surface area contributed by atoms with Gasteiger partial charge in [0.05, 0.1) is 5.69 Å². The van der Waals surface area contributed by atoms with Gasteiger partial charge in [-0.1, -0.05) is 18.2 Å². The van der Waals surface area contributed by atoms with E-state index in [1.54, 1.807) is 18.0 Å². The minimum atomic E-state index is -0.857. The third-order valence-electron chi connectivity index (χ3n) is 5.07. The van der Waals surface area contributed by atoms with Crippen LogP contribution >= 0.6 is 0 Å². The van der Waals surface area contributed by atoms with Crippen molar-refractivity contribution in [1.82, 2.24) is 0 Å². The van der Waals surface area contributed by atoms with E-state index in [9.17, 15) is 9.59 Å². The van der Waals surface area contributed by atoms with E-state index in [1.165, 1.54) is 0 Å². The molecule has 0 radical (unpaired) electrons. The minimum Gasteiger partial charge on any atom is -0.491 e. The third kappa shape index (κ3) is 1.45. The first-order valence-electron chi connectivity index (χ1n) is 7.73. The normalized spacial score (nSPS) is 23.3. The second-order valence-corrected chi connectivity index (χ2v) is 6.25. The molecule has 0 saturated carbocycles. The van der Waals surface area contributed by atoms with Crippen LogP contribution in [0.1, 0.15) is 11.1 Å². The number of benzene rings is 2. The smallest absolute Gasteiger partial charge is 0.264 e. The van der Waals surface area contributed by atoms with Gasteiger partial charge in [-0.25, -0.2) is 0 Å². The van der Waals surface area contributed by atoms with Crippen LogP contribution in [-0.2, 0) is 15.0 Å². The molecule has 3 heterocycles. The van der Waals surface area contributed by atoms with Crippen molar-refractivity contribution in [3.05, 3.63) is 47.5 Å². The highest BCUT2D eigenvalue weighted by Gasteiger charge is 2.54. The van der Waals surface area contributed by atoms with Crippen molar-refractivity contribution in [2.75, 3.05) is 30.5 Å². The maximum Gasteiger partial charge on any atom is 0.264 e. The summed E-state index contributed by atoms with van der Waals surface area (Å²) in [6.45, 7) is 0.241. The molecular formula is C18H14N2O4. The molecule has 1 unspecified atom stereocenters. The molecule has 2 aromatic carbocycles. The number of carbonyl (C=O) groups excluding carboxylic acids is 2. The second-order valence-electron chi connectivity index (χ2n) is 6.25. The number of fused-ring (bicyclic) bond motifs is 5. The fraction of sp³-hybridized carbons (Fsp3) is 0.222. The lowest BCUT2D eigenvalue weighted by Gasteiger charge is -2.27. The van der Waals surface area contributed by atoms with Gasteiger partial charge in [-0.3, -0.25) is 9.59 Å². The number of ether oxygens (including phenoxy) is 2. The van der Waals surface area contributed by atoms with Gasteiger partial charge in [-0.15, -0.1) is 0 Å². The first-order valence-corrected chi connectivity index (χ1v) is 7.73. The lowest BCUT2D eigenvalue weighted by molar-refractivity contribution is -0.121. The minimum absolute atomic E-state index is 0.00106. The van der Waals surface area contributed by atoms with Crippen molar-refractivity contribution in [2.45, 2.75) is 5.41 Å². The number of carbonyl (C=O) groups is 2. The van der Waals surface area contributed by atoms with Crippen molar-refractivity contribution in [2.24, 2.45) is 0 Å². The Morgan fingerprint density at radius 3 is 2.79 bits per heavy atom. The van der Waals surface area contributed by atoms with Gasteiger partial charge in [-0.2, -0.15) is 0 Å². The molecule has 6 nitrogen and oxygen atoms in total. The van der Waals surface area contributed by atoms with Crippen LogP contribution in [0.25, 0.3) is 0 Å². The summed E-state index contributed by atoms with van der Waals surface area (Å²) >= 11 is 0. The van der Waals surface area contributed by atoms with Gasteiger partial charge in [0.15, 0.2) is 6.61 Å². The van der Waals surface area contributed by atoms with Gasteiger partial charge in [0, 0.05) is 24.4 Å². The Balaban J connectivity index is 1.74. The Kier molecular flexibility index (Phi) is 2.40. The Hall–Kier alpha value is -3.02. The van der Waals surface area contributed by atoms with E-state index in [1.807, 2.05) is 30.3 Å². The van der Waals surface area contributed by atoms with Crippen molar-refractivity contribution >= 4 is 23.2 Å². The number of hydrogen-bond donors (Lipinski definition) is 1. The molecule has 0 saturated heterocycles. The monoisotopic (exact) mass is 322 g/mol. The van der Waals surface area contributed by atoms with Crippen LogP contribution in [0.5, 0.6) is 11.5 Å². The maximum atomic E-state index is 12.8. The largest absolute Gasteiger partial charge is 0.491 e.